The van der Waals surface area contributed by atoms with E-state index >= 15 is 0 Å². The van der Waals surface area contributed by atoms with Crippen LogP contribution in [0.4, 0.5) is 19.1 Å². The highest BCUT2D eigenvalue weighted by atomic mass is 19.4. The van der Waals surface area contributed by atoms with Crippen LogP contribution in [0.1, 0.15) is 30.7 Å². The van der Waals surface area contributed by atoms with Gasteiger partial charge in [-0.15, -0.1) is 0 Å². The van der Waals surface area contributed by atoms with Crippen LogP contribution in [-0.4, -0.2) is 72.1 Å². The van der Waals surface area contributed by atoms with Crippen LogP contribution in [0.2, 0.25) is 0 Å². The van der Waals surface area contributed by atoms with Gasteiger partial charge in [0, 0.05) is 19.5 Å². The predicted molar refractivity (Wildman–Crippen MR) is 134 cm³/mol. The maximum absolute atomic E-state index is 12.7. The van der Waals surface area contributed by atoms with E-state index in [1.165, 1.54) is 0 Å². The van der Waals surface area contributed by atoms with Crippen LogP contribution >= 0.6 is 0 Å². The summed E-state index contributed by atoms with van der Waals surface area (Å²) in [6.45, 7) is 1.83. The number of aromatic nitrogens is 3. The highest BCUT2D eigenvalue weighted by Crippen LogP contribution is 2.19. The third kappa shape index (κ3) is 8.98. The van der Waals surface area contributed by atoms with Gasteiger partial charge in [0.2, 0.25) is 5.95 Å². The molecule has 3 N–H and O–H groups in total. The zero-order chi connectivity index (χ0) is 26.8. The van der Waals surface area contributed by atoms with Gasteiger partial charge in [0.1, 0.15) is 17.3 Å². The second-order valence-electron chi connectivity index (χ2n) is 8.86. The van der Waals surface area contributed by atoms with Crippen LogP contribution in [-0.2, 0) is 17.8 Å². The van der Waals surface area contributed by atoms with Crippen molar-refractivity contribution >= 4 is 17.6 Å². The Hall–Kier alpha value is -3.74. The lowest BCUT2D eigenvalue weighted by atomic mass is 10.1. The largest absolute Gasteiger partial charge is 0.494 e. The Morgan fingerprint density at radius 3 is 2.61 bits per heavy atom. The molecule has 0 aliphatic carbocycles. The van der Waals surface area contributed by atoms with Gasteiger partial charge in [-0.25, -0.2) is 0 Å². The molecule has 4 heterocycles. The van der Waals surface area contributed by atoms with Gasteiger partial charge in [-0.1, -0.05) is 12.1 Å². The molecule has 6 bridgehead atoms. The first-order chi connectivity index (χ1) is 18.3. The van der Waals surface area contributed by atoms with Gasteiger partial charge in [0.25, 0.3) is 5.91 Å². The number of amides is 1. The van der Waals surface area contributed by atoms with Crippen molar-refractivity contribution in [1.29, 1.82) is 0 Å². The Kier molecular flexibility index (Phi) is 9.46. The first-order valence-electron chi connectivity index (χ1n) is 12.5. The van der Waals surface area contributed by atoms with Crippen molar-refractivity contribution in [3.63, 3.8) is 0 Å². The standard InChI is InChI=1S/C25H30F3N7O3/c26-25(27,28)16-38-24-34-21-13-18-12-20(31-15-18)22(36)30-10-3-9-29-8-1-2-11-37-19-6-4-17(5-7-19)14-32-23(33-21)35-24/h4-7,12,29H,1-3,8-11,13-16H2,(H,30,36)(H,32,33,34,35). The van der Waals surface area contributed by atoms with Crippen LogP contribution in [0.25, 0.3) is 0 Å². The van der Waals surface area contributed by atoms with Crippen molar-refractivity contribution in [3.8, 4) is 11.8 Å². The van der Waals surface area contributed by atoms with E-state index in [1.807, 2.05) is 24.3 Å². The van der Waals surface area contributed by atoms with E-state index in [9.17, 15) is 18.0 Å². The minimum atomic E-state index is -4.54. The molecule has 1 aromatic carbocycles. The molecule has 204 valence electrons. The Morgan fingerprint density at radius 2 is 1.79 bits per heavy atom. The Labute approximate surface area is 218 Å². The minimum Gasteiger partial charge on any atom is -0.494 e. The molecule has 0 saturated heterocycles. The Morgan fingerprint density at radius 1 is 0.974 bits per heavy atom. The number of carbonyl (C=O) groups is 1. The van der Waals surface area contributed by atoms with Crippen molar-refractivity contribution in [3.05, 3.63) is 47.3 Å². The maximum Gasteiger partial charge on any atom is 0.422 e. The van der Waals surface area contributed by atoms with Crippen molar-refractivity contribution in [2.24, 2.45) is 4.99 Å². The van der Waals surface area contributed by atoms with Gasteiger partial charge >= 0.3 is 12.2 Å². The van der Waals surface area contributed by atoms with Crippen LogP contribution in [0.5, 0.6) is 11.8 Å². The van der Waals surface area contributed by atoms with Gasteiger partial charge in [-0.2, -0.15) is 28.1 Å². The summed E-state index contributed by atoms with van der Waals surface area (Å²) in [5.74, 6) is 0.758. The van der Waals surface area contributed by atoms with Gasteiger partial charge in [0.15, 0.2) is 6.61 Å². The number of hydrogen-bond acceptors (Lipinski definition) is 9. The first kappa shape index (κ1) is 27.3. The number of halogens is 3. The van der Waals surface area contributed by atoms with E-state index in [2.05, 4.69) is 35.9 Å². The molecule has 5 rings (SSSR count). The average Bonchev–Trinajstić information content (AvgIpc) is 3.35. The number of nitrogens with one attached hydrogen (secondary N) is 3. The van der Waals surface area contributed by atoms with Crippen LogP contribution in [0, 0.1) is 0 Å². The summed E-state index contributed by atoms with van der Waals surface area (Å²) in [5.41, 5.74) is 1.95. The summed E-state index contributed by atoms with van der Waals surface area (Å²) < 4.78 is 48.7. The maximum atomic E-state index is 12.7. The molecule has 1 aromatic heterocycles. The van der Waals surface area contributed by atoms with Crippen molar-refractivity contribution in [2.75, 3.05) is 44.7 Å². The predicted octanol–water partition coefficient (Wildman–Crippen LogP) is 2.62. The quantitative estimate of drug-likeness (QED) is 0.539. The number of aliphatic imine (C=N–C) groups is 1. The molecule has 3 aliphatic heterocycles. The number of anilines is 1. The summed E-state index contributed by atoms with van der Waals surface area (Å²) >= 11 is 0. The lowest BCUT2D eigenvalue weighted by Gasteiger charge is -2.12. The molecule has 0 atom stereocenters. The number of carbonyl (C=O) groups excluding carboxylic acids is 1. The second kappa shape index (κ2) is 13.2. The number of nitrogens with zero attached hydrogens (tertiary/aromatic N) is 4. The number of ether oxygens (including phenoxy) is 2. The summed E-state index contributed by atoms with van der Waals surface area (Å²) in [5, 5.41) is 9.22. The summed E-state index contributed by atoms with van der Waals surface area (Å²) in [6.07, 6.45) is -0.0509. The van der Waals surface area contributed by atoms with E-state index in [0.717, 1.165) is 49.2 Å². The molecule has 0 unspecified atom stereocenters. The lowest BCUT2D eigenvalue weighted by molar-refractivity contribution is -0.154. The van der Waals surface area contributed by atoms with Crippen LogP contribution in [0.3, 0.4) is 0 Å². The fourth-order valence-corrected chi connectivity index (χ4v) is 3.74. The normalized spacial score (nSPS) is 17.8. The molecule has 38 heavy (non-hydrogen) atoms. The molecular weight excluding hydrogens is 503 g/mol. The topological polar surface area (TPSA) is 123 Å². The van der Waals surface area contributed by atoms with E-state index in [1.54, 1.807) is 6.08 Å². The van der Waals surface area contributed by atoms with Crippen molar-refractivity contribution in [1.82, 2.24) is 25.6 Å². The van der Waals surface area contributed by atoms with Gasteiger partial charge in [-0.3, -0.25) is 9.79 Å². The SMILES string of the molecule is O=C1NCCCNCCCCOc2ccc(cc2)CNc2nc(nc(OCC(F)(F)F)n2)CC2=CC1=NC2. The molecule has 0 saturated carbocycles. The number of benzene rings is 1. The van der Waals surface area contributed by atoms with E-state index in [-0.39, 0.29) is 30.6 Å². The summed E-state index contributed by atoms with van der Waals surface area (Å²) in [4.78, 5) is 29.1. The highest BCUT2D eigenvalue weighted by molar-refractivity contribution is 6.44. The lowest BCUT2D eigenvalue weighted by Crippen LogP contribution is -2.32. The number of hydrogen-bond donors (Lipinski definition) is 3. The smallest absolute Gasteiger partial charge is 0.422 e. The molecule has 0 spiro atoms. The van der Waals surface area contributed by atoms with E-state index in [4.69, 9.17) is 9.47 Å². The Balaban J connectivity index is 1.50. The van der Waals surface area contributed by atoms with Crippen molar-refractivity contribution in [2.45, 2.75) is 38.4 Å². The molecule has 10 nitrogen and oxygen atoms in total. The average molecular weight is 534 g/mol. The summed E-state index contributed by atoms with van der Waals surface area (Å²) in [6, 6.07) is 7.06. The molecule has 3 aliphatic rings. The van der Waals surface area contributed by atoms with Gasteiger partial charge in [-0.05, 0) is 61.7 Å². The molecule has 13 heteroatoms. The third-order valence-corrected chi connectivity index (χ3v) is 5.64. The fraction of sp³-hybridized carbons (Fsp3) is 0.480. The monoisotopic (exact) mass is 533 g/mol. The van der Waals surface area contributed by atoms with Crippen LogP contribution < -0.4 is 25.4 Å². The number of alkyl halides is 3. The fourth-order valence-electron chi connectivity index (χ4n) is 3.74. The number of rotatable bonds is 2. The molecule has 1 amide bonds. The highest BCUT2D eigenvalue weighted by Gasteiger charge is 2.29. The zero-order valence-corrected chi connectivity index (χ0v) is 20.8. The van der Waals surface area contributed by atoms with Gasteiger partial charge in [0.05, 0.1) is 13.2 Å². The minimum absolute atomic E-state index is 0.0769. The van der Waals surface area contributed by atoms with E-state index < -0.39 is 18.8 Å². The number of fused-ring (bicyclic) bond motifs is 13. The molecule has 2 aromatic rings. The van der Waals surface area contributed by atoms with Gasteiger partial charge < -0.3 is 25.4 Å². The molecule has 0 radical (unpaired) electrons. The van der Waals surface area contributed by atoms with Crippen molar-refractivity contribution < 1.29 is 27.4 Å². The molecule has 0 fully saturated rings. The second-order valence-corrected chi connectivity index (χ2v) is 8.86. The third-order valence-electron chi connectivity index (χ3n) is 5.64. The van der Waals surface area contributed by atoms with E-state index in [0.29, 0.717) is 25.4 Å². The summed E-state index contributed by atoms with van der Waals surface area (Å²) in [7, 11) is 0. The molecular formula is C25H30F3N7O3. The Bertz CT molecular complexity index is 1150. The zero-order valence-electron chi connectivity index (χ0n) is 20.8. The van der Waals surface area contributed by atoms with Crippen LogP contribution in [0.15, 0.2) is 40.9 Å². The first-order valence-corrected chi connectivity index (χ1v) is 12.5.